The van der Waals surface area contributed by atoms with Crippen molar-refractivity contribution < 1.29 is 17.6 Å². The van der Waals surface area contributed by atoms with Gasteiger partial charge in [-0.05, 0) is 29.6 Å². The lowest BCUT2D eigenvalue weighted by atomic mass is 10.00. The molecule has 1 aromatic heterocycles. The van der Waals surface area contributed by atoms with Crippen LogP contribution in [0.2, 0.25) is 0 Å². The fourth-order valence-electron chi connectivity index (χ4n) is 1.88. The first kappa shape index (κ1) is 15.0. The maximum atomic E-state index is 13.8. The molecule has 0 fully saturated rings. The van der Waals surface area contributed by atoms with Crippen LogP contribution in [-0.2, 0) is 12.6 Å². The van der Waals surface area contributed by atoms with Crippen molar-refractivity contribution in [3.63, 3.8) is 0 Å². The van der Waals surface area contributed by atoms with Gasteiger partial charge >= 0.3 is 6.18 Å². The predicted molar refractivity (Wildman–Crippen MR) is 69.5 cm³/mol. The monoisotopic (exact) mass is 304 g/mol. The number of rotatable bonds is 4. The third-order valence-electron chi connectivity index (χ3n) is 2.89. The maximum absolute atomic E-state index is 13.8. The lowest BCUT2D eigenvalue weighted by Crippen LogP contribution is -2.30. The summed E-state index contributed by atoms with van der Waals surface area (Å²) in [4.78, 5) is 0.907. The number of benzene rings is 1. The number of nitrogens with one attached hydrogen (secondary N) is 1. The Balaban J connectivity index is 2.33. The Morgan fingerprint density at radius 3 is 2.55 bits per heavy atom. The van der Waals surface area contributed by atoms with Crippen molar-refractivity contribution in [1.82, 2.24) is 5.43 Å². The van der Waals surface area contributed by atoms with Crippen LogP contribution in [0, 0.1) is 5.82 Å². The molecule has 1 heterocycles. The Morgan fingerprint density at radius 2 is 2.00 bits per heavy atom. The van der Waals surface area contributed by atoms with Crippen LogP contribution < -0.4 is 11.3 Å². The van der Waals surface area contributed by atoms with Crippen molar-refractivity contribution in [3.8, 4) is 0 Å². The number of halogens is 4. The molecule has 2 nitrogen and oxygen atoms in total. The Hall–Kier alpha value is -1.44. The molecule has 3 N–H and O–H groups in total. The van der Waals surface area contributed by atoms with Crippen molar-refractivity contribution >= 4 is 11.3 Å². The van der Waals surface area contributed by atoms with Crippen LogP contribution in [0.3, 0.4) is 0 Å². The Bertz CT molecular complexity index is 566. The Morgan fingerprint density at radius 1 is 1.25 bits per heavy atom. The minimum atomic E-state index is -4.51. The van der Waals surface area contributed by atoms with Gasteiger partial charge in [0.1, 0.15) is 5.82 Å². The fraction of sp³-hybridized carbons (Fsp3) is 0.231. The van der Waals surface area contributed by atoms with Gasteiger partial charge in [0.15, 0.2) is 0 Å². The average molecular weight is 304 g/mol. The van der Waals surface area contributed by atoms with Gasteiger partial charge in [-0.15, -0.1) is 11.3 Å². The zero-order valence-corrected chi connectivity index (χ0v) is 11.1. The van der Waals surface area contributed by atoms with Crippen LogP contribution in [0.1, 0.15) is 22.0 Å². The number of alkyl halides is 3. The fourth-order valence-corrected chi connectivity index (χ4v) is 2.63. The van der Waals surface area contributed by atoms with E-state index in [1.54, 1.807) is 0 Å². The predicted octanol–water partition coefficient (Wildman–Crippen LogP) is 3.65. The molecule has 0 saturated heterocycles. The third kappa shape index (κ3) is 3.36. The van der Waals surface area contributed by atoms with E-state index in [0.717, 1.165) is 23.1 Å². The first-order chi connectivity index (χ1) is 9.41. The second-order valence-electron chi connectivity index (χ2n) is 4.24. The lowest BCUT2D eigenvalue weighted by Gasteiger charge is -2.18. The topological polar surface area (TPSA) is 38.0 Å². The van der Waals surface area contributed by atoms with E-state index in [1.165, 1.54) is 11.3 Å². The molecule has 0 aliphatic carbocycles. The number of hydrogen-bond donors (Lipinski definition) is 2. The highest BCUT2D eigenvalue weighted by Gasteiger charge is 2.32. The van der Waals surface area contributed by atoms with Gasteiger partial charge < -0.3 is 0 Å². The molecule has 0 amide bonds. The summed E-state index contributed by atoms with van der Waals surface area (Å²) in [6, 6.07) is 5.26. The van der Waals surface area contributed by atoms with Gasteiger partial charge in [0.25, 0.3) is 0 Å². The maximum Gasteiger partial charge on any atom is 0.416 e. The SMILES string of the molecule is NNC(Cc1cccs1)c1cc(C(F)(F)F)ccc1F. The minimum absolute atomic E-state index is 0.0873. The Labute approximate surface area is 117 Å². The molecule has 0 saturated carbocycles. The highest BCUT2D eigenvalue weighted by atomic mass is 32.1. The van der Waals surface area contributed by atoms with Crippen LogP contribution in [0.4, 0.5) is 17.6 Å². The van der Waals surface area contributed by atoms with Gasteiger partial charge in [-0.1, -0.05) is 6.07 Å². The van der Waals surface area contributed by atoms with E-state index in [2.05, 4.69) is 5.43 Å². The summed E-state index contributed by atoms with van der Waals surface area (Å²) in [6.45, 7) is 0. The van der Waals surface area contributed by atoms with Crippen molar-refractivity contribution in [2.24, 2.45) is 5.84 Å². The molecule has 0 radical (unpaired) electrons. The van der Waals surface area contributed by atoms with Gasteiger partial charge in [0, 0.05) is 16.9 Å². The van der Waals surface area contributed by atoms with E-state index in [-0.39, 0.29) is 5.56 Å². The number of hydrogen-bond acceptors (Lipinski definition) is 3. The molecule has 0 spiro atoms. The average Bonchev–Trinajstić information content (AvgIpc) is 2.88. The smallest absolute Gasteiger partial charge is 0.271 e. The molecule has 20 heavy (non-hydrogen) atoms. The highest BCUT2D eigenvalue weighted by Crippen LogP contribution is 2.32. The zero-order chi connectivity index (χ0) is 14.8. The van der Waals surface area contributed by atoms with Crippen molar-refractivity contribution in [3.05, 3.63) is 57.5 Å². The van der Waals surface area contributed by atoms with Crippen LogP contribution in [0.15, 0.2) is 35.7 Å². The number of hydrazine groups is 1. The molecule has 7 heteroatoms. The molecule has 1 atom stereocenters. The summed E-state index contributed by atoms with van der Waals surface area (Å²) in [5, 5.41) is 1.84. The van der Waals surface area contributed by atoms with Gasteiger partial charge in [0.2, 0.25) is 0 Å². The summed E-state index contributed by atoms with van der Waals surface area (Å²) >= 11 is 1.44. The molecule has 108 valence electrons. The van der Waals surface area contributed by atoms with E-state index in [0.29, 0.717) is 6.42 Å². The second kappa shape index (κ2) is 5.90. The summed E-state index contributed by atoms with van der Waals surface area (Å²) in [6.07, 6.45) is -4.18. The van der Waals surface area contributed by atoms with Gasteiger partial charge in [-0.25, -0.2) is 4.39 Å². The normalized spacial score (nSPS) is 13.4. The molecule has 0 bridgehead atoms. The van der Waals surface area contributed by atoms with Gasteiger partial charge in [0.05, 0.1) is 11.6 Å². The number of thiophene rings is 1. The largest absolute Gasteiger partial charge is 0.416 e. The molecule has 1 unspecified atom stereocenters. The van der Waals surface area contributed by atoms with Crippen LogP contribution in [-0.4, -0.2) is 0 Å². The molecule has 2 aromatic rings. The van der Waals surface area contributed by atoms with E-state index in [9.17, 15) is 17.6 Å². The summed E-state index contributed by atoms with van der Waals surface area (Å²) < 4.78 is 51.8. The number of nitrogens with two attached hydrogens (primary N) is 1. The van der Waals surface area contributed by atoms with Crippen molar-refractivity contribution in [2.45, 2.75) is 18.6 Å². The standard InChI is InChI=1S/C13H12F4N2S/c14-11-4-3-8(13(15,16)17)6-10(11)12(19-18)7-9-2-1-5-20-9/h1-6,12,19H,7,18H2. The molecule has 2 rings (SSSR count). The molecular formula is C13H12F4N2S. The van der Waals surface area contributed by atoms with E-state index in [4.69, 9.17) is 5.84 Å². The lowest BCUT2D eigenvalue weighted by molar-refractivity contribution is -0.137. The molecule has 1 aromatic carbocycles. The first-order valence-corrected chi connectivity index (χ1v) is 6.65. The van der Waals surface area contributed by atoms with Crippen LogP contribution >= 0.6 is 11.3 Å². The summed E-state index contributed by atoms with van der Waals surface area (Å²) in [7, 11) is 0. The third-order valence-corrected chi connectivity index (χ3v) is 3.78. The first-order valence-electron chi connectivity index (χ1n) is 5.77. The van der Waals surface area contributed by atoms with E-state index >= 15 is 0 Å². The zero-order valence-electron chi connectivity index (χ0n) is 10.2. The minimum Gasteiger partial charge on any atom is -0.271 e. The van der Waals surface area contributed by atoms with Crippen LogP contribution in [0.5, 0.6) is 0 Å². The van der Waals surface area contributed by atoms with E-state index < -0.39 is 23.6 Å². The summed E-state index contributed by atoms with van der Waals surface area (Å²) in [5.41, 5.74) is 1.40. The molecule has 0 aliphatic heterocycles. The summed E-state index contributed by atoms with van der Waals surface area (Å²) in [5.74, 6) is 4.65. The van der Waals surface area contributed by atoms with Crippen LogP contribution in [0.25, 0.3) is 0 Å². The molecule has 0 aliphatic rings. The quantitative estimate of drug-likeness (QED) is 0.514. The van der Waals surface area contributed by atoms with Gasteiger partial charge in [-0.3, -0.25) is 11.3 Å². The second-order valence-corrected chi connectivity index (χ2v) is 5.27. The van der Waals surface area contributed by atoms with Crippen molar-refractivity contribution in [2.75, 3.05) is 0 Å². The van der Waals surface area contributed by atoms with E-state index in [1.807, 2.05) is 17.5 Å². The van der Waals surface area contributed by atoms with Gasteiger partial charge in [-0.2, -0.15) is 13.2 Å². The van der Waals surface area contributed by atoms with Crippen molar-refractivity contribution in [1.29, 1.82) is 0 Å². The molecular weight excluding hydrogens is 292 g/mol. The highest BCUT2D eigenvalue weighted by molar-refractivity contribution is 7.09. The Kier molecular flexibility index (Phi) is 4.42.